The van der Waals surface area contributed by atoms with E-state index in [0.29, 0.717) is 6.04 Å². The fraction of sp³-hybridized carbons (Fsp3) is 1.00. The van der Waals surface area contributed by atoms with E-state index in [9.17, 15) is 0 Å². The minimum Gasteiger partial charge on any atom is -0.329 e. The molecule has 0 spiro atoms. The van der Waals surface area contributed by atoms with E-state index in [-0.39, 0.29) is 5.54 Å². The van der Waals surface area contributed by atoms with E-state index in [1.165, 1.54) is 51.7 Å². The highest BCUT2D eigenvalue weighted by atomic mass is 15.2. The van der Waals surface area contributed by atoms with E-state index >= 15 is 0 Å². The molecule has 0 aromatic rings. The van der Waals surface area contributed by atoms with Gasteiger partial charge in [-0.2, -0.15) is 0 Å². The van der Waals surface area contributed by atoms with Gasteiger partial charge in [-0.05, 0) is 65.0 Å². The summed E-state index contributed by atoms with van der Waals surface area (Å²) in [5, 5.41) is 0. The number of nitrogens with two attached hydrogens (primary N) is 1. The molecule has 0 bridgehead atoms. The van der Waals surface area contributed by atoms with Gasteiger partial charge in [0.2, 0.25) is 0 Å². The molecule has 1 heterocycles. The van der Waals surface area contributed by atoms with Crippen molar-refractivity contribution in [3.63, 3.8) is 0 Å². The maximum atomic E-state index is 6.24. The number of hydrogen-bond acceptors (Lipinski definition) is 3. The molecule has 1 saturated carbocycles. The largest absolute Gasteiger partial charge is 0.329 e. The van der Waals surface area contributed by atoms with Gasteiger partial charge in [0.05, 0.1) is 0 Å². The molecule has 2 rings (SSSR count). The molecular weight excluding hydrogens is 234 g/mol. The van der Waals surface area contributed by atoms with Gasteiger partial charge in [0.15, 0.2) is 0 Å². The first-order valence-corrected chi connectivity index (χ1v) is 8.30. The van der Waals surface area contributed by atoms with E-state index < -0.39 is 0 Å². The normalized spacial score (nSPS) is 30.0. The second-order valence-electron chi connectivity index (χ2n) is 6.89. The first kappa shape index (κ1) is 15.3. The van der Waals surface area contributed by atoms with Crippen molar-refractivity contribution in [3.8, 4) is 0 Å². The molecule has 19 heavy (non-hydrogen) atoms. The first-order chi connectivity index (χ1) is 9.11. The fourth-order valence-corrected chi connectivity index (χ4v) is 3.64. The highest BCUT2D eigenvalue weighted by Gasteiger charge is 2.39. The lowest BCUT2D eigenvalue weighted by Crippen LogP contribution is -2.55. The Kier molecular flexibility index (Phi) is 5.27. The Morgan fingerprint density at radius 1 is 1.26 bits per heavy atom. The van der Waals surface area contributed by atoms with Crippen molar-refractivity contribution in [2.45, 2.75) is 64.5 Å². The minimum atomic E-state index is 0.279. The summed E-state index contributed by atoms with van der Waals surface area (Å²) in [7, 11) is 0. The zero-order chi connectivity index (χ0) is 13.9. The average molecular weight is 267 g/mol. The third-order valence-electron chi connectivity index (χ3n) is 5.29. The summed E-state index contributed by atoms with van der Waals surface area (Å²) in [5.41, 5.74) is 6.52. The van der Waals surface area contributed by atoms with Gasteiger partial charge in [0.25, 0.3) is 0 Å². The van der Waals surface area contributed by atoms with Crippen molar-refractivity contribution in [1.82, 2.24) is 9.80 Å². The summed E-state index contributed by atoms with van der Waals surface area (Å²) in [6.45, 7) is 12.7. The van der Waals surface area contributed by atoms with Gasteiger partial charge in [-0.1, -0.05) is 6.92 Å². The lowest BCUT2D eigenvalue weighted by atomic mass is 9.88. The van der Waals surface area contributed by atoms with Crippen LogP contribution in [0.15, 0.2) is 0 Å². The van der Waals surface area contributed by atoms with Crippen molar-refractivity contribution < 1.29 is 0 Å². The van der Waals surface area contributed by atoms with Crippen molar-refractivity contribution >= 4 is 0 Å². The second kappa shape index (κ2) is 6.55. The zero-order valence-electron chi connectivity index (χ0n) is 13.2. The molecule has 1 saturated heterocycles. The van der Waals surface area contributed by atoms with Crippen LogP contribution in [0, 0.1) is 5.92 Å². The third-order valence-corrected chi connectivity index (χ3v) is 5.29. The Morgan fingerprint density at radius 2 is 2.00 bits per heavy atom. The molecule has 1 aliphatic heterocycles. The van der Waals surface area contributed by atoms with E-state index in [2.05, 4.69) is 30.6 Å². The molecule has 2 fully saturated rings. The van der Waals surface area contributed by atoms with Crippen LogP contribution in [0.3, 0.4) is 0 Å². The van der Waals surface area contributed by atoms with Gasteiger partial charge in [-0.15, -0.1) is 0 Å². The Hall–Kier alpha value is -0.120. The van der Waals surface area contributed by atoms with E-state index in [1.807, 2.05) is 0 Å². The molecule has 0 amide bonds. The molecule has 1 atom stereocenters. The number of likely N-dealkylation sites (tertiary alicyclic amines) is 1. The Bertz CT molecular complexity index is 275. The van der Waals surface area contributed by atoms with Crippen LogP contribution in [0.2, 0.25) is 0 Å². The van der Waals surface area contributed by atoms with Crippen LogP contribution < -0.4 is 5.73 Å². The fourth-order valence-electron chi connectivity index (χ4n) is 3.64. The summed E-state index contributed by atoms with van der Waals surface area (Å²) >= 11 is 0. The summed E-state index contributed by atoms with van der Waals surface area (Å²) in [5.74, 6) is 0.966. The van der Waals surface area contributed by atoms with Crippen LogP contribution in [-0.2, 0) is 0 Å². The molecule has 0 radical (unpaired) electrons. The number of rotatable bonds is 6. The molecule has 2 aliphatic rings. The standard InChI is InChI=1S/C16H33N3/c1-4-19(12-15-6-7-15)16(13-17)8-5-10-18(11-9-16)14(2)3/h14-15H,4-13,17H2,1-3H3. The zero-order valence-corrected chi connectivity index (χ0v) is 13.2. The molecule has 0 aromatic heterocycles. The third kappa shape index (κ3) is 3.71. The Morgan fingerprint density at radius 3 is 2.53 bits per heavy atom. The van der Waals surface area contributed by atoms with Crippen molar-refractivity contribution in [2.75, 3.05) is 32.7 Å². The smallest absolute Gasteiger partial charge is 0.0344 e. The highest BCUT2D eigenvalue weighted by Crippen LogP contribution is 2.35. The predicted molar refractivity (Wildman–Crippen MR) is 82.3 cm³/mol. The maximum absolute atomic E-state index is 6.24. The molecule has 3 heteroatoms. The molecule has 3 nitrogen and oxygen atoms in total. The van der Waals surface area contributed by atoms with Crippen LogP contribution in [-0.4, -0.2) is 54.1 Å². The maximum Gasteiger partial charge on any atom is 0.0344 e. The molecule has 112 valence electrons. The summed E-state index contributed by atoms with van der Waals surface area (Å²) in [4.78, 5) is 5.34. The lowest BCUT2D eigenvalue weighted by molar-refractivity contribution is 0.0770. The van der Waals surface area contributed by atoms with Gasteiger partial charge in [-0.3, -0.25) is 4.90 Å². The monoisotopic (exact) mass is 267 g/mol. The van der Waals surface area contributed by atoms with Crippen LogP contribution in [0.25, 0.3) is 0 Å². The second-order valence-corrected chi connectivity index (χ2v) is 6.89. The van der Waals surface area contributed by atoms with Crippen molar-refractivity contribution in [3.05, 3.63) is 0 Å². The summed E-state index contributed by atoms with van der Waals surface area (Å²) < 4.78 is 0. The number of likely N-dealkylation sites (N-methyl/N-ethyl adjacent to an activating group) is 1. The van der Waals surface area contributed by atoms with Crippen molar-refractivity contribution in [2.24, 2.45) is 11.7 Å². The lowest BCUT2D eigenvalue weighted by Gasteiger charge is -2.43. The molecule has 1 aliphatic carbocycles. The topological polar surface area (TPSA) is 32.5 Å². The number of nitrogens with zero attached hydrogens (tertiary/aromatic N) is 2. The average Bonchev–Trinajstić information content (AvgIpc) is 3.22. The molecular formula is C16H33N3. The van der Waals surface area contributed by atoms with Crippen LogP contribution >= 0.6 is 0 Å². The van der Waals surface area contributed by atoms with Crippen LogP contribution in [0.1, 0.15) is 52.9 Å². The van der Waals surface area contributed by atoms with Crippen molar-refractivity contribution in [1.29, 1.82) is 0 Å². The van der Waals surface area contributed by atoms with E-state index in [1.54, 1.807) is 0 Å². The van der Waals surface area contributed by atoms with E-state index in [0.717, 1.165) is 19.0 Å². The Labute approximate surface area is 119 Å². The SMILES string of the molecule is CCN(CC1CC1)C1(CN)CCCN(C(C)C)CC1. The van der Waals surface area contributed by atoms with Crippen LogP contribution in [0.4, 0.5) is 0 Å². The van der Waals surface area contributed by atoms with Gasteiger partial charge < -0.3 is 10.6 Å². The minimum absolute atomic E-state index is 0.279. The van der Waals surface area contributed by atoms with Gasteiger partial charge in [-0.25, -0.2) is 0 Å². The molecule has 1 unspecified atom stereocenters. The van der Waals surface area contributed by atoms with Gasteiger partial charge in [0.1, 0.15) is 0 Å². The highest BCUT2D eigenvalue weighted by molar-refractivity contribution is 4.96. The van der Waals surface area contributed by atoms with Gasteiger partial charge in [0, 0.05) is 31.2 Å². The quantitative estimate of drug-likeness (QED) is 0.801. The molecule has 0 aromatic carbocycles. The first-order valence-electron chi connectivity index (χ1n) is 8.30. The predicted octanol–water partition coefficient (Wildman–Crippen LogP) is 2.31. The van der Waals surface area contributed by atoms with Crippen LogP contribution in [0.5, 0.6) is 0 Å². The summed E-state index contributed by atoms with van der Waals surface area (Å²) in [6.07, 6.45) is 6.72. The van der Waals surface area contributed by atoms with E-state index in [4.69, 9.17) is 5.73 Å². The Balaban J connectivity index is 2.02. The number of hydrogen-bond donors (Lipinski definition) is 1. The molecule has 2 N–H and O–H groups in total. The van der Waals surface area contributed by atoms with Gasteiger partial charge >= 0.3 is 0 Å². The summed E-state index contributed by atoms with van der Waals surface area (Å²) in [6, 6.07) is 0.673.